The number of fused-ring (bicyclic) bond motifs is 1. The average Bonchev–Trinajstić information content (AvgIpc) is 2.64. The molecule has 0 saturated carbocycles. The number of halogens is 1. The zero-order chi connectivity index (χ0) is 9.97. The summed E-state index contributed by atoms with van der Waals surface area (Å²) in [6.45, 7) is 0.845. The van der Waals surface area contributed by atoms with Crippen LogP contribution in [0.3, 0.4) is 0 Å². The average molecular weight is 230 g/mol. The summed E-state index contributed by atoms with van der Waals surface area (Å²) in [5, 5.41) is 0. The van der Waals surface area contributed by atoms with Crippen LogP contribution in [-0.2, 0) is 6.54 Å². The third kappa shape index (κ3) is 1.91. The first-order chi connectivity index (χ1) is 6.79. The maximum atomic E-state index is 5.75. The van der Waals surface area contributed by atoms with E-state index < -0.39 is 0 Å². The Morgan fingerprint density at radius 3 is 3.00 bits per heavy atom. The Hall–Kier alpha value is -1.00. The van der Waals surface area contributed by atoms with Gasteiger partial charge in [-0.05, 0) is 17.7 Å². The molecule has 1 aromatic rings. The lowest BCUT2D eigenvalue weighted by Gasteiger charge is -2.08. The first-order valence-corrected chi connectivity index (χ1v) is 4.87. The quantitative estimate of drug-likeness (QED) is 0.586. The second-order valence-electron chi connectivity index (χ2n) is 2.85. The van der Waals surface area contributed by atoms with Crippen LogP contribution in [0.15, 0.2) is 18.2 Å². The highest BCUT2D eigenvalue weighted by atomic mass is 35.5. The molecule has 2 rings (SSSR count). The summed E-state index contributed by atoms with van der Waals surface area (Å²) < 4.78 is 11.8. The van der Waals surface area contributed by atoms with E-state index in [1.165, 1.54) is 9.91 Å². The van der Waals surface area contributed by atoms with Crippen LogP contribution >= 0.6 is 24.0 Å². The molecule has 0 spiro atoms. The van der Waals surface area contributed by atoms with Crippen molar-refractivity contribution in [1.29, 1.82) is 0 Å². The minimum absolute atomic E-state index is 0.288. The van der Waals surface area contributed by atoms with Crippen molar-refractivity contribution < 1.29 is 9.47 Å². The molecule has 1 heterocycles. The molecule has 0 amide bonds. The molecule has 3 nitrogen and oxygen atoms in total. The predicted molar refractivity (Wildman–Crippen MR) is 57.6 cm³/mol. The highest BCUT2D eigenvalue weighted by Crippen LogP contribution is 2.32. The molecular formula is C9H8ClNO2S. The first-order valence-electron chi connectivity index (χ1n) is 4.06. The molecule has 0 atom stereocenters. The van der Waals surface area contributed by atoms with Crippen LogP contribution in [-0.4, -0.2) is 16.7 Å². The summed E-state index contributed by atoms with van der Waals surface area (Å²) in [6.07, 6.45) is 0. The van der Waals surface area contributed by atoms with Crippen molar-refractivity contribution in [2.75, 3.05) is 6.79 Å². The van der Waals surface area contributed by atoms with Crippen LogP contribution in [0, 0.1) is 0 Å². The number of rotatable bonds is 3. The Labute approximate surface area is 92.3 Å². The summed E-state index contributed by atoms with van der Waals surface area (Å²) >= 11 is 10.4. The van der Waals surface area contributed by atoms with Crippen LogP contribution in [0.25, 0.3) is 0 Å². The van der Waals surface area contributed by atoms with Gasteiger partial charge in [0.15, 0.2) is 11.5 Å². The van der Waals surface area contributed by atoms with Crippen molar-refractivity contribution in [2.24, 2.45) is 0 Å². The number of ether oxygens (including phenoxy) is 2. The van der Waals surface area contributed by atoms with Gasteiger partial charge in [0.1, 0.15) is 0 Å². The van der Waals surface area contributed by atoms with Gasteiger partial charge in [-0.2, -0.15) is 0 Å². The number of hydrogen-bond acceptors (Lipinski definition) is 3. The van der Waals surface area contributed by atoms with E-state index in [0.29, 0.717) is 6.54 Å². The smallest absolute Gasteiger partial charge is 0.231 e. The maximum Gasteiger partial charge on any atom is 0.231 e. The lowest BCUT2D eigenvalue weighted by atomic mass is 10.2. The number of thiocarbonyl (C=S) groups is 1. The van der Waals surface area contributed by atoms with Crippen LogP contribution in [0.1, 0.15) is 5.56 Å². The molecule has 0 fully saturated rings. The van der Waals surface area contributed by atoms with Crippen molar-refractivity contribution in [3.05, 3.63) is 23.8 Å². The molecule has 74 valence electrons. The highest BCUT2D eigenvalue weighted by Gasteiger charge is 2.13. The summed E-state index contributed by atoms with van der Waals surface area (Å²) in [7, 11) is 0. The van der Waals surface area contributed by atoms with Gasteiger partial charge in [0.25, 0.3) is 0 Å². The zero-order valence-electron chi connectivity index (χ0n) is 7.27. The van der Waals surface area contributed by atoms with E-state index in [1.807, 2.05) is 18.2 Å². The van der Waals surface area contributed by atoms with E-state index in [2.05, 4.69) is 12.2 Å². The van der Waals surface area contributed by atoms with Crippen molar-refractivity contribution in [1.82, 2.24) is 4.42 Å². The molecule has 0 aromatic heterocycles. The van der Waals surface area contributed by atoms with Gasteiger partial charge in [-0.25, -0.2) is 0 Å². The second kappa shape index (κ2) is 4.02. The van der Waals surface area contributed by atoms with Gasteiger partial charge >= 0.3 is 0 Å². The second-order valence-corrected chi connectivity index (χ2v) is 3.50. The molecule has 14 heavy (non-hydrogen) atoms. The Morgan fingerprint density at radius 1 is 1.43 bits per heavy atom. The van der Waals surface area contributed by atoms with E-state index in [9.17, 15) is 0 Å². The van der Waals surface area contributed by atoms with Crippen molar-refractivity contribution in [3.63, 3.8) is 0 Å². The Kier molecular flexibility index (Phi) is 2.74. The number of benzene rings is 1. The highest BCUT2D eigenvalue weighted by molar-refractivity contribution is 7.78. The van der Waals surface area contributed by atoms with E-state index in [4.69, 9.17) is 21.3 Å². The fourth-order valence-corrected chi connectivity index (χ4v) is 1.46. The summed E-state index contributed by atoms with van der Waals surface area (Å²) in [5.41, 5.74) is 2.43. The summed E-state index contributed by atoms with van der Waals surface area (Å²) in [6, 6.07) is 5.70. The zero-order valence-corrected chi connectivity index (χ0v) is 8.85. The minimum Gasteiger partial charge on any atom is -0.454 e. The van der Waals surface area contributed by atoms with E-state index in [-0.39, 0.29) is 6.79 Å². The molecule has 0 unspecified atom stereocenters. The fraction of sp³-hybridized carbons (Fsp3) is 0.222. The van der Waals surface area contributed by atoms with Gasteiger partial charge in [0.05, 0.1) is 12.0 Å². The van der Waals surface area contributed by atoms with Crippen molar-refractivity contribution in [3.8, 4) is 11.5 Å². The summed E-state index contributed by atoms with van der Waals surface area (Å²) in [5.74, 6) is 1.54. The molecule has 1 aromatic carbocycles. The van der Waals surface area contributed by atoms with Crippen LogP contribution in [0.4, 0.5) is 0 Å². The molecule has 1 aliphatic rings. The van der Waals surface area contributed by atoms with Crippen LogP contribution in [0.5, 0.6) is 11.5 Å². The van der Waals surface area contributed by atoms with Crippen molar-refractivity contribution >= 4 is 29.5 Å². The van der Waals surface area contributed by atoms with Gasteiger partial charge in [-0.3, -0.25) is 4.42 Å². The van der Waals surface area contributed by atoms with E-state index >= 15 is 0 Å². The van der Waals surface area contributed by atoms with Gasteiger partial charge in [-0.1, -0.05) is 18.3 Å². The SMILES string of the molecule is S=CN(Cl)Cc1ccc2c(c1)OCO2. The molecule has 0 radical (unpaired) electrons. The lowest BCUT2D eigenvalue weighted by Crippen LogP contribution is -2.06. The molecular weight excluding hydrogens is 222 g/mol. The molecule has 0 bridgehead atoms. The minimum atomic E-state index is 0.288. The predicted octanol–water partition coefficient (Wildman–Crippen LogP) is 2.33. The Morgan fingerprint density at radius 2 is 2.21 bits per heavy atom. The monoisotopic (exact) mass is 229 g/mol. The molecule has 0 aliphatic carbocycles. The topological polar surface area (TPSA) is 21.7 Å². The largest absolute Gasteiger partial charge is 0.454 e. The molecule has 0 N–H and O–H groups in total. The number of hydrogen-bond donors (Lipinski definition) is 0. The third-order valence-corrected chi connectivity index (χ3v) is 2.47. The fourth-order valence-electron chi connectivity index (χ4n) is 1.25. The van der Waals surface area contributed by atoms with Gasteiger partial charge < -0.3 is 9.47 Å². The standard InChI is InChI=1S/C9H8ClNO2S/c10-11(5-14)4-7-1-2-8-9(3-7)13-6-12-8/h1-3,5H,4,6H2. The van der Waals surface area contributed by atoms with Gasteiger partial charge in [0, 0.05) is 11.8 Å². The van der Waals surface area contributed by atoms with Crippen LogP contribution < -0.4 is 9.47 Å². The Bertz CT molecular complexity index is 359. The molecule has 5 heteroatoms. The molecule has 0 saturated heterocycles. The molecule has 1 aliphatic heterocycles. The maximum absolute atomic E-state index is 5.75. The van der Waals surface area contributed by atoms with Crippen LogP contribution in [0.2, 0.25) is 0 Å². The first kappa shape index (κ1) is 9.55. The third-order valence-electron chi connectivity index (χ3n) is 1.88. The Balaban J connectivity index is 2.16. The number of nitrogens with zero attached hydrogens (tertiary/aromatic N) is 1. The summed E-state index contributed by atoms with van der Waals surface area (Å²) in [4.78, 5) is 0. The van der Waals surface area contributed by atoms with E-state index in [1.54, 1.807) is 0 Å². The van der Waals surface area contributed by atoms with Gasteiger partial charge in [0.2, 0.25) is 6.79 Å². The van der Waals surface area contributed by atoms with Gasteiger partial charge in [-0.15, -0.1) is 0 Å². The van der Waals surface area contributed by atoms with Crippen molar-refractivity contribution in [2.45, 2.75) is 6.54 Å². The normalized spacial score (nSPS) is 12.6. The van der Waals surface area contributed by atoms with E-state index in [0.717, 1.165) is 17.1 Å². The lowest BCUT2D eigenvalue weighted by molar-refractivity contribution is 0.174.